The molecule has 0 bridgehead atoms. The van der Waals surface area contributed by atoms with Gasteiger partial charge < -0.3 is 4.90 Å². The van der Waals surface area contributed by atoms with Gasteiger partial charge >= 0.3 is 0 Å². The Hall–Kier alpha value is -0.640. The molecule has 60 valence electrons. The number of likely N-dealkylation sites (tertiary alicyclic amines) is 1. The molecule has 0 atom stereocenters. The summed E-state index contributed by atoms with van der Waals surface area (Å²) in [6.07, 6.45) is 0.0558. The van der Waals surface area contributed by atoms with Gasteiger partial charge in [-0.05, 0) is 0 Å². The second kappa shape index (κ2) is 3.17. The van der Waals surface area contributed by atoms with Crippen LogP contribution in [0.1, 0.15) is 6.42 Å². The van der Waals surface area contributed by atoms with Gasteiger partial charge in [0.1, 0.15) is 0 Å². The van der Waals surface area contributed by atoms with Gasteiger partial charge in [-0.25, -0.2) is 0 Å². The van der Waals surface area contributed by atoms with Crippen molar-refractivity contribution in [3.05, 3.63) is 11.1 Å². The summed E-state index contributed by atoms with van der Waals surface area (Å²) in [5, 5.41) is 0. The van der Waals surface area contributed by atoms with Crippen LogP contribution in [0.4, 0.5) is 0 Å². The van der Waals surface area contributed by atoms with Crippen molar-refractivity contribution in [1.82, 2.24) is 4.90 Å². The third-order valence-corrected chi connectivity index (χ3v) is 1.68. The Morgan fingerprint density at radius 2 is 2.27 bits per heavy atom. The number of amides is 1. The van der Waals surface area contributed by atoms with Crippen LogP contribution in [0.25, 0.3) is 0 Å². The summed E-state index contributed by atoms with van der Waals surface area (Å²) in [6.45, 7) is 4.26. The molecule has 0 aliphatic carbocycles. The van der Waals surface area contributed by atoms with E-state index in [2.05, 4.69) is 22.5 Å². The summed E-state index contributed by atoms with van der Waals surface area (Å²) < 4.78 is 0.723. The third-order valence-electron chi connectivity index (χ3n) is 1.43. The molecule has 1 fully saturated rings. The van der Waals surface area contributed by atoms with Gasteiger partial charge in [0.15, 0.2) is 5.78 Å². The number of halogens is 1. The molecule has 0 aromatic carbocycles. The van der Waals surface area contributed by atoms with Crippen molar-refractivity contribution in [3.63, 3.8) is 0 Å². The van der Waals surface area contributed by atoms with Gasteiger partial charge in [0.2, 0.25) is 5.91 Å². The van der Waals surface area contributed by atoms with E-state index in [1.165, 1.54) is 4.90 Å². The molecule has 1 amide bonds. The molecule has 0 spiro atoms. The fourth-order valence-corrected chi connectivity index (χ4v) is 1.29. The van der Waals surface area contributed by atoms with E-state index < -0.39 is 0 Å². The minimum atomic E-state index is -0.101. The lowest BCUT2D eigenvalue weighted by Crippen LogP contribution is -2.26. The lowest BCUT2D eigenvalue weighted by molar-refractivity contribution is -0.127. The van der Waals surface area contributed by atoms with E-state index in [4.69, 9.17) is 0 Å². The maximum Gasteiger partial charge on any atom is 0.230 e. The Morgan fingerprint density at radius 3 is 2.64 bits per heavy atom. The predicted molar refractivity (Wildman–Crippen MR) is 44.3 cm³/mol. The summed E-state index contributed by atoms with van der Waals surface area (Å²) >= 11 is 3.13. The second-order valence-electron chi connectivity index (χ2n) is 2.48. The van der Waals surface area contributed by atoms with Crippen molar-refractivity contribution in [1.29, 1.82) is 0 Å². The van der Waals surface area contributed by atoms with Gasteiger partial charge in [-0.3, -0.25) is 9.59 Å². The molecule has 1 aliphatic heterocycles. The minimum absolute atomic E-state index is 0.0104. The highest BCUT2D eigenvalue weighted by atomic mass is 79.9. The normalized spacial score (nSPS) is 17.7. The predicted octanol–water partition coefficient (Wildman–Crippen LogP) is 0.696. The molecule has 4 heteroatoms. The molecule has 0 radical (unpaired) electrons. The van der Waals surface area contributed by atoms with E-state index in [9.17, 15) is 9.59 Å². The zero-order valence-electron chi connectivity index (χ0n) is 5.97. The molecule has 1 saturated heterocycles. The third kappa shape index (κ3) is 2.15. The average Bonchev–Trinajstić information content (AvgIpc) is 2.09. The van der Waals surface area contributed by atoms with Crippen molar-refractivity contribution in [2.75, 3.05) is 13.1 Å². The highest BCUT2D eigenvalue weighted by Gasteiger charge is 2.26. The first-order valence-electron chi connectivity index (χ1n) is 3.22. The van der Waals surface area contributed by atoms with E-state index in [1.54, 1.807) is 0 Å². The van der Waals surface area contributed by atoms with Gasteiger partial charge in [0, 0.05) is 4.48 Å². The lowest BCUT2D eigenvalue weighted by atomic mass is 10.3. The second-order valence-corrected chi connectivity index (χ2v) is 3.60. The molecule has 0 aromatic rings. The minimum Gasteiger partial charge on any atom is -0.330 e. The molecule has 0 unspecified atom stereocenters. The molecular weight excluding hydrogens is 210 g/mol. The van der Waals surface area contributed by atoms with Crippen molar-refractivity contribution in [2.24, 2.45) is 0 Å². The van der Waals surface area contributed by atoms with Crippen LogP contribution < -0.4 is 0 Å². The highest BCUT2D eigenvalue weighted by molar-refractivity contribution is 9.11. The van der Waals surface area contributed by atoms with Crippen LogP contribution >= 0.6 is 15.9 Å². The van der Waals surface area contributed by atoms with Crippen molar-refractivity contribution < 1.29 is 9.59 Å². The Kier molecular flexibility index (Phi) is 2.44. The van der Waals surface area contributed by atoms with E-state index in [0.29, 0.717) is 6.54 Å². The molecular formula is C7H8BrNO2. The fourth-order valence-electron chi connectivity index (χ4n) is 0.989. The van der Waals surface area contributed by atoms with Gasteiger partial charge in [0.05, 0.1) is 19.5 Å². The number of carbonyl (C=O) groups excluding carboxylic acids is 2. The number of hydrogen-bond donors (Lipinski definition) is 0. The van der Waals surface area contributed by atoms with Gasteiger partial charge in [0.25, 0.3) is 0 Å². The first-order chi connectivity index (χ1) is 5.09. The zero-order chi connectivity index (χ0) is 8.43. The number of nitrogens with zero attached hydrogens (tertiary/aromatic N) is 1. The van der Waals surface area contributed by atoms with Crippen LogP contribution in [-0.4, -0.2) is 29.7 Å². The molecule has 0 aromatic heterocycles. The topological polar surface area (TPSA) is 37.4 Å². The Bertz CT molecular complexity index is 224. The van der Waals surface area contributed by atoms with E-state index >= 15 is 0 Å². The Labute approximate surface area is 73.2 Å². The number of carbonyl (C=O) groups is 2. The summed E-state index contributed by atoms with van der Waals surface area (Å²) in [7, 11) is 0. The summed E-state index contributed by atoms with van der Waals surface area (Å²) in [5.74, 6) is -0.112. The summed E-state index contributed by atoms with van der Waals surface area (Å²) in [4.78, 5) is 23.2. The van der Waals surface area contributed by atoms with Crippen LogP contribution in [0.2, 0.25) is 0 Å². The SMILES string of the molecule is C=C(Br)CN1CC(=O)CC1=O. The van der Waals surface area contributed by atoms with Gasteiger partial charge in [-0.2, -0.15) is 0 Å². The first-order valence-corrected chi connectivity index (χ1v) is 4.01. The van der Waals surface area contributed by atoms with Gasteiger partial charge in [-0.1, -0.05) is 22.5 Å². The first kappa shape index (κ1) is 8.46. The molecule has 0 N–H and O–H groups in total. The Morgan fingerprint density at radius 1 is 1.64 bits per heavy atom. The summed E-state index contributed by atoms with van der Waals surface area (Å²) in [5.41, 5.74) is 0. The standard InChI is InChI=1S/C7H8BrNO2/c1-5(8)3-9-4-6(10)2-7(9)11/h1-4H2. The number of ketones is 1. The smallest absolute Gasteiger partial charge is 0.230 e. The quantitative estimate of drug-likeness (QED) is 0.639. The average molecular weight is 218 g/mol. The number of Topliss-reactive ketones (excluding diaryl/α,β-unsaturated/α-hetero) is 1. The molecule has 1 rings (SSSR count). The fraction of sp³-hybridized carbons (Fsp3) is 0.429. The van der Waals surface area contributed by atoms with E-state index in [1.807, 2.05) is 0 Å². The van der Waals surface area contributed by atoms with Crippen LogP contribution in [0.5, 0.6) is 0 Å². The molecule has 3 nitrogen and oxygen atoms in total. The number of rotatable bonds is 2. The zero-order valence-corrected chi connectivity index (χ0v) is 7.56. The largest absolute Gasteiger partial charge is 0.330 e. The molecule has 0 saturated carbocycles. The molecule has 1 heterocycles. The van der Waals surface area contributed by atoms with Crippen LogP contribution in [0.3, 0.4) is 0 Å². The maximum atomic E-state index is 11.0. The Balaban J connectivity index is 2.53. The van der Waals surface area contributed by atoms with Crippen LogP contribution in [-0.2, 0) is 9.59 Å². The maximum absolute atomic E-state index is 11.0. The monoisotopic (exact) mass is 217 g/mol. The summed E-state index contributed by atoms with van der Waals surface area (Å²) in [6, 6.07) is 0. The van der Waals surface area contributed by atoms with E-state index in [-0.39, 0.29) is 24.7 Å². The lowest BCUT2D eigenvalue weighted by Gasteiger charge is -2.12. The molecule has 1 aliphatic rings. The van der Waals surface area contributed by atoms with Crippen molar-refractivity contribution >= 4 is 27.6 Å². The van der Waals surface area contributed by atoms with E-state index in [0.717, 1.165) is 4.48 Å². The highest BCUT2D eigenvalue weighted by Crippen LogP contribution is 2.11. The van der Waals surface area contributed by atoms with Crippen LogP contribution in [0, 0.1) is 0 Å². The molecule has 11 heavy (non-hydrogen) atoms. The van der Waals surface area contributed by atoms with Crippen molar-refractivity contribution in [2.45, 2.75) is 6.42 Å². The van der Waals surface area contributed by atoms with Crippen LogP contribution in [0.15, 0.2) is 11.1 Å². The van der Waals surface area contributed by atoms with Crippen molar-refractivity contribution in [3.8, 4) is 0 Å². The number of hydrogen-bond acceptors (Lipinski definition) is 2. The van der Waals surface area contributed by atoms with Gasteiger partial charge in [-0.15, -0.1) is 0 Å².